The molecular weight excluding hydrogens is 658 g/mol. The van der Waals surface area contributed by atoms with Gasteiger partial charge >= 0.3 is 0 Å². The molecule has 0 saturated carbocycles. The number of carbonyl (C=O) groups excluding carboxylic acids is 1. The van der Waals surface area contributed by atoms with Gasteiger partial charge in [0.15, 0.2) is 6.29 Å². The molecule has 0 aliphatic carbocycles. The molecule has 0 spiro atoms. The fourth-order valence-electron chi connectivity index (χ4n) is 5.25. The molecule has 1 aliphatic heterocycles. The molecule has 6 N–H and O–H groups in total. The molecule has 0 aromatic heterocycles. The number of allylic oxidation sites excluding steroid dienone is 15. The van der Waals surface area contributed by atoms with Gasteiger partial charge < -0.3 is 40.3 Å². The number of nitrogens with one attached hydrogen (secondary N) is 1. The molecule has 0 aromatic rings. The first kappa shape index (κ1) is 47.1. The lowest BCUT2D eigenvalue weighted by Gasteiger charge is -2.40. The van der Waals surface area contributed by atoms with Crippen molar-refractivity contribution in [2.24, 2.45) is 0 Å². The Morgan fingerprint density at radius 1 is 0.673 bits per heavy atom. The quantitative estimate of drug-likeness (QED) is 0.0357. The summed E-state index contributed by atoms with van der Waals surface area (Å²) in [5.41, 5.74) is 0. The van der Waals surface area contributed by atoms with Crippen molar-refractivity contribution in [1.82, 2.24) is 5.32 Å². The molecule has 1 rings (SSSR count). The van der Waals surface area contributed by atoms with Gasteiger partial charge in [0.05, 0.1) is 25.4 Å². The van der Waals surface area contributed by atoms with Crippen molar-refractivity contribution in [1.29, 1.82) is 0 Å². The zero-order valence-electron chi connectivity index (χ0n) is 31.8. The second-order valence-electron chi connectivity index (χ2n) is 13.0. The monoisotopic (exact) mass is 728 g/mol. The van der Waals surface area contributed by atoms with Crippen LogP contribution in [0.4, 0.5) is 0 Å². The van der Waals surface area contributed by atoms with Gasteiger partial charge in [-0.05, 0) is 70.6 Å². The summed E-state index contributed by atoms with van der Waals surface area (Å²) in [5.74, 6) is -0.277. The van der Waals surface area contributed by atoms with E-state index in [1.54, 1.807) is 6.08 Å². The summed E-state index contributed by atoms with van der Waals surface area (Å²) in [7, 11) is 0. The van der Waals surface area contributed by atoms with Gasteiger partial charge in [0, 0.05) is 6.42 Å². The van der Waals surface area contributed by atoms with E-state index >= 15 is 0 Å². The SMILES string of the molecule is CC/C=C\C/C=C\C/C=C\C/C=C\C/C=C\C/C=C\CCC(=O)NC(COC1OC(CO)C(O)C(O)C1O)C(O)/C=C/CC/C=C/CCCCCC. The third-order valence-electron chi connectivity index (χ3n) is 8.41. The summed E-state index contributed by atoms with van der Waals surface area (Å²) in [6.45, 7) is 3.51. The van der Waals surface area contributed by atoms with Crippen LogP contribution in [0.25, 0.3) is 0 Å². The van der Waals surface area contributed by atoms with Gasteiger partial charge in [-0.2, -0.15) is 0 Å². The Labute approximate surface area is 313 Å². The Balaban J connectivity index is 2.51. The minimum atomic E-state index is -1.59. The van der Waals surface area contributed by atoms with E-state index in [0.717, 1.165) is 57.8 Å². The van der Waals surface area contributed by atoms with Crippen LogP contribution in [0, 0.1) is 0 Å². The van der Waals surface area contributed by atoms with E-state index in [0.29, 0.717) is 6.42 Å². The summed E-state index contributed by atoms with van der Waals surface area (Å²) in [6.07, 6.45) is 39.0. The smallest absolute Gasteiger partial charge is 0.220 e. The number of unbranched alkanes of at least 4 members (excludes halogenated alkanes) is 5. The molecular formula is C43H69NO8. The van der Waals surface area contributed by atoms with E-state index in [9.17, 15) is 30.3 Å². The van der Waals surface area contributed by atoms with E-state index in [4.69, 9.17) is 9.47 Å². The first-order valence-electron chi connectivity index (χ1n) is 19.5. The topological polar surface area (TPSA) is 149 Å². The number of hydrogen-bond donors (Lipinski definition) is 6. The Morgan fingerprint density at radius 2 is 1.21 bits per heavy atom. The number of ether oxygens (including phenoxy) is 2. The van der Waals surface area contributed by atoms with E-state index < -0.39 is 49.5 Å². The molecule has 1 heterocycles. The number of amides is 1. The van der Waals surface area contributed by atoms with Crippen molar-refractivity contribution in [3.05, 3.63) is 97.2 Å². The van der Waals surface area contributed by atoms with Crippen molar-refractivity contribution in [3.8, 4) is 0 Å². The van der Waals surface area contributed by atoms with Gasteiger partial charge in [0.2, 0.25) is 5.91 Å². The van der Waals surface area contributed by atoms with Gasteiger partial charge in [-0.3, -0.25) is 4.79 Å². The average Bonchev–Trinajstić information content (AvgIpc) is 3.14. The zero-order chi connectivity index (χ0) is 38.1. The molecule has 1 aliphatic rings. The van der Waals surface area contributed by atoms with Crippen LogP contribution in [-0.2, 0) is 14.3 Å². The van der Waals surface area contributed by atoms with E-state index in [1.165, 1.54) is 25.7 Å². The summed E-state index contributed by atoms with van der Waals surface area (Å²) in [6, 6.07) is -0.865. The zero-order valence-corrected chi connectivity index (χ0v) is 31.8. The van der Waals surface area contributed by atoms with Gasteiger partial charge in [-0.1, -0.05) is 130 Å². The number of carbonyl (C=O) groups is 1. The molecule has 0 radical (unpaired) electrons. The third kappa shape index (κ3) is 23.6. The fourth-order valence-corrected chi connectivity index (χ4v) is 5.25. The van der Waals surface area contributed by atoms with Crippen LogP contribution in [0.15, 0.2) is 97.2 Å². The molecule has 1 saturated heterocycles. The normalized spacial score (nSPS) is 22.9. The summed E-state index contributed by atoms with van der Waals surface area (Å²) in [4.78, 5) is 12.8. The van der Waals surface area contributed by atoms with Gasteiger partial charge in [0.1, 0.15) is 24.4 Å². The van der Waals surface area contributed by atoms with E-state index in [-0.39, 0.29) is 18.9 Å². The van der Waals surface area contributed by atoms with Crippen molar-refractivity contribution < 1.29 is 39.8 Å². The molecule has 9 heteroatoms. The van der Waals surface area contributed by atoms with Crippen LogP contribution in [0.5, 0.6) is 0 Å². The van der Waals surface area contributed by atoms with Gasteiger partial charge in [-0.25, -0.2) is 0 Å². The molecule has 294 valence electrons. The molecule has 7 atom stereocenters. The summed E-state index contributed by atoms with van der Waals surface area (Å²) in [5, 5.41) is 53.8. The molecule has 52 heavy (non-hydrogen) atoms. The first-order chi connectivity index (χ1) is 25.3. The number of rotatable bonds is 29. The molecule has 7 unspecified atom stereocenters. The predicted molar refractivity (Wildman–Crippen MR) is 211 cm³/mol. The fraction of sp³-hybridized carbons (Fsp3) is 0.605. The van der Waals surface area contributed by atoms with Gasteiger partial charge in [0.25, 0.3) is 0 Å². The van der Waals surface area contributed by atoms with Crippen LogP contribution < -0.4 is 5.32 Å². The largest absolute Gasteiger partial charge is 0.394 e. The molecule has 1 fully saturated rings. The lowest BCUT2D eigenvalue weighted by molar-refractivity contribution is -0.302. The maximum Gasteiger partial charge on any atom is 0.220 e. The maximum absolute atomic E-state index is 12.8. The van der Waals surface area contributed by atoms with E-state index in [1.807, 2.05) is 18.2 Å². The van der Waals surface area contributed by atoms with Crippen LogP contribution >= 0.6 is 0 Å². The lowest BCUT2D eigenvalue weighted by atomic mass is 9.99. The Morgan fingerprint density at radius 3 is 1.79 bits per heavy atom. The Bertz CT molecular complexity index is 1120. The minimum absolute atomic E-state index is 0.207. The highest BCUT2D eigenvalue weighted by atomic mass is 16.7. The van der Waals surface area contributed by atoms with Crippen molar-refractivity contribution in [2.75, 3.05) is 13.2 Å². The standard InChI is InChI=1S/C43H69NO8/c1-3-5-7-9-11-13-15-16-17-18-19-20-21-22-23-25-27-29-31-33-39(47)44-36(35-51-43-42(50)41(49)40(48)38(34-45)52-43)37(46)32-30-28-26-24-14-12-10-8-6-4-2/h5,7,11,13-14,16-17,19-20,22-24,27,29-30,32,36-38,40-43,45-46,48-50H,3-4,6,8-10,12,15,18,21,25-26,28,31,33-35H2,1-2H3,(H,44,47)/b7-5-,13-11-,17-16-,20-19-,23-22-,24-14+,29-27-,32-30+. The highest BCUT2D eigenvalue weighted by Crippen LogP contribution is 2.22. The van der Waals surface area contributed by atoms with Gasteiger partial charge in [-0.15, -0.1) is 0 Å². The Kier molecular flexibility index (Phi) is 29.7. The van der Waals surface area contributed by atoms with Crippen LogP contribution in [0.2, 0.25) is 0 Å². The number of aliphatic hydroxyl groups excluding tert-OH is 5. The summed E-state index contributed by atoms with van der Waals surface area (Å²) >= 11 is 0. The summed E-state index contributed by atoms with van der Waals surface area (Å²) < 4.78 is 11.1. The highest BCUT2D eigenvalue weighted by Gasteiger charge is 2.44. The minimum Gasteiger partial charge on any atom is -0.394 e. The second-order valence-corrected chi connectivity index (χ2v) is 13.0. The van der Waals surface area contributed by atoms with Crippen molar-refractivity contribution in [2.45, 2.75) is 153 Å². The predicted octanol–water partition coefficient (Wildman–Crippen LogP) is 6.99. The molecule has 9 nitrogen and oxygen atoms in total. The average molecular weight is 728 g/mol. The highest BCUT2D eigenvalue weighted by molar-refractivity contribution is 5.76. The second kappa shape index (κ2) is 32.7. The van der Waals surface area contributed by atoms with Crippen LogP contribution in [0.3, 0.4) is 0 Å². The Hall–Kier alpha value is -2.89. The van der Waals surface area contributed by atoms with Crippen LogP contribution in [-0.4, -0.2) is 87.5 Å². The van der Waals surface area contributed by atoms with E-state index in [2.05, 4.69) is 92.1 Å². The number of hydrogen-bond acceptors (Lipinski definition) is 8. The first-order valence-corrected chi connectivity index (χ1v) is 19.5. The van der Waals surface area contributed by atoms with Crippen molar-refractivity contribution in [3.63, 3.8) is 0 Å². The molecule has 0 bridgehead atoms. The molecule has 0 aromatic carbocycles. The molecule has 1 amide bonds. The van der Waals surface area contributed by atoms with Crippen molar-refractivity contribution >= 4 is 5.91 Å². The third-order valence-corrected chi connectivity index (χ3v) is 8.41. The van der Waals surface area contributed by atoms with Crippen LogP contribution in [0.1, 0.15) is 110 Å². The lowest BCUT2D eigenvalue weighted by Crippen LogP contribution is -2.60. The number of aliphatic hydroxyl groups is 5. The maximum atomic E-state index is 12.8.